The van der Waals surface area contributed by atoms with E-state index in [4.69, 9.17) is 9.73 Å². The summed E-state index contributed by atoms with van der Waals surface area (Å²) in [5.74, 6) is 0.941. The minimum Gasteiger partial charge on any atom is -0.507 e. The van der Waals surface area contributed by atoms with E-state index in [0.29, 0.717) is 13.8 Å². The van der Waals surface area contributed by atoms with E-state index in [1.54, 1.807) is 25.3 Å². The predicted molar refractivity (Wildman–Crippen MR) is 142 cm³/mol. The highest BCUT2D eigenvalue weighted by molar-refractivity contribution is 9.10. The molecule has 35 heavy (non-hydrogen) atoms. The number of halogens is 1. The first-order valence-corrected chi connectivity index (χ1v) is 12.9. The molecule has 5 nitrogen and oxygen atoms in total. The van der Waals surface area contributed by atoms with E-state index in [1.807, 2.05) is 41.0 Å². The van der Waals surface area contributed by atoms with Crippen LogP contribution in [0.4, 0.5) is 0 Å². The van der Waals surface area contributed by atoms with Crippen LogP contribution < -0.4 is 19.6 Å². The number of rotatable bonds is 3. The summed E-state index contributed by atoms with van der Waals surface area (Å²) in [5.41, 5.74) is 6.38. The van der Waals surface area contributed by atoms with Gasteiger partial charge in [-0.05, 0) is 81.4 Å². The third-order valence-corrected chi connectivity index (χ3v) is 8.19. The van der Waals surface area contributed by atoms with Crippen LogP contribution in [0.2, 0.25) is 0 Å². The summed E-state index contributed by atoms with van der Waals surface area (Å²) >= 11 is 4.75. The number of nitrogens with zero attached hydrogens (tertiary/aromatic N) is 2. The lowest BCUT2D eigenvalue weighted by Gasteiger charge is -2.30. The summed E-state index contributed by atoms with van der Waals surface area (Å²) in [6.45, 7) is 0. The van der Waals surface area contributed by atoms with Crippen LogP contribution in [0.25, 0.3) is 11.8 Å². The Hall–Kier alpha value is -3.42. The Morgan fingerprint density at radius 2 is 1.91 bits per heavy atom. The lowest BCUT2D eigenvalue weighted by Crippen LogP contribution is -2.38. The maximum Gasteiger partial charge on any atom is 0.271 e. The molecule has 0 fully saturated rings. The maximum absolute atomic E-state index is 13.8. The van der Waals surface area contributed by atoms with E-state index in [1.165, 1.54) is 22.5 Å². The molecular weight excluding hydrogens is 524 g/mol. The van der Waals surface area contributed by atoms with Gasteiger partial charge in [-0.15, -0.1) is 0 Å². The second-order valence-corrected chi connectivity index (χ2v) is 10.5. The van der Waals surface area contributed by atoms with Gasteiger partial charge in [0.25, 0.3) is 5.56 Å². The fourth-order valence-corrected chi connectivity index (χ4v) is 6.27. The van der Waals surface area contributed by atoms with Gasteiger partial charge in [-0.2, -0.15) is 0 Å². The molecule has 0 saturated heterocycles. The SMILES string of the molecule is COc1ccc([C@H]2C3=C(N=c4s/c(=C\c5ccc(O)c(Br)c5)c(=O)n42)c2ccccc2CC3)cc1. The van der Waals surface area contributed by atoms with Crippen LogP contribution in [0.1, 0.15) is 34.7 Å². The van der Waals surface area contributed by atoms with Gasteiger partial charge in [-0.3, -0.25) is 9.36 Å². The summed E-state index contributed by atoms with van der Waals surface area (Å²) in [6.07, 6.45) is 3.63. The lowest BCUT2D eigenvalue weighted by atomic mass is 9.83. The maximum atomic E-state index is 13.8. The average Bonchev–Trinajstić information content (AvgIpc) is 3.19. The first-order valence-electron chi connectivity index (χ1n) is 11.3. The van der Waals surface area contributed by atoms with Crippen molar-refractivity contribution < 1.29 is 9.84 Å². The molecule has 1 N–H and O–H groups in total. The molecule has 0 saturated carbocycles. The molecule has 7 heteroatoms. The van der Waals surface area contributed by atoms with E-state index >= 15 is 0 Å². The Bertz CT molecular complexity index is 1680. The molecule has 0 radical (unpaired) electrons. The molecule has 0 spiro atoms. The molecular formula is C28H21BrN2O3S. The van der Waals surface area contributed by atoms with Crippen LogP contribution in [0.15, 0.2) is 86.6 Å². The van der Waals surface area contributed by atoms with Gasteiger partial charge in [0.1, 0.15) is 11.5 Å². The number of hydrogen-bond donors (Lipinski definition) is 1. The molecule has 2 aliphatic rings. The standard InChI is InChI=1S/C28H21BrN2O3S/c1-34-19-10-7-18(8-11-19)26-21-12-9-17-4-2-3-5-20(17)25(21)30-28-31(26)27(33)24(35-28)15-16-6-13-23(32)22(29)14-16/h2-8,10-11,13-15,26,32H,9,12H2,1H3/b24-15-/t26-/m0/s1. The first kappa shape index (κ1) is 22.1. The fraction of sp³-hybridized carbons (Fsp3) is 0.143. The highest BCUT2D eigenvalue weighted by Gasteiger charge is 2.32. The summed E-state index contributed by atoms with van der Waals surface area (Å²) in [7, 11) is 1.65. The molecule has 1 aliphatic carbocycles. The molecule has 3 aromatic carbocycles. The Morgan fingerprint density at radius 1 is 1.11 bits per heavy atom. The van der Waals surface area contributed by atoms with Crippen molar-refractivity contribution >= 4 is 39.0 Å². The van der Waals surface area contributed by atoms with Crippen molar-refractivity contribution in [1.82, 2.24) is 4.57 Å². The van der Waals surface area contributed by atoms with Crippen molar-refractivity contribution in [2.45, 2.75) is 18.9 Å². The van der Waals surface area contributed by atoms with E-state index in [9.17, 15) is 9.90 Å². The molecule has 1 aromatic heterocycles. The highest BCUT2D eigenvalue weighted by atomic mass is 79.9. The number of benzene rings is 3. The quantitative estimate of drug-likeness (QED) is 0.403. The number of ether oxygens (including phenoxy) is 1. The number of fused-ring (bicyclic) bond motifs is 3. The number of allylic oxidation sites excluding steroid dienone is 1. The molecule has 2 heterocycles. The van der Waals surface area contributed by atoms with Gasteiger partial charge in [0.05, 0.1) is 27.9 Å². The number of aromatic hydroxyl groups is 1. The number of phenolic OH excluding ortho intramolecular Hbond substituents is 1. The van der Waals surface area contributed by atoms with E-state index < -0.39 is 0 Å². The van der Waals surface area contributed by atoms with Gasteiger partial charge >= 0.3 is 0 Å². The van der Waals surface area contributed by atoms with Crippen molar-refractivity contribution in [2.24, 2.45) is 4.99 Å². The molecule has 4 aromatic rings. The third kappa shape index (κ3) is 3.75. The minimum atomic E-state index is -0.228. The normalized spacial score (nSPS) is 16.9. The van der Waals surface area contributed by atoms with Crippen molar-refractivity contribution in [3.8, 4) is 11.5 Å². The predicted octanol–water partition coefficient (Wildman–Crippen LogP) is 4.80. The van der Waals surface area contributed by atoms with Crippen molar-refractivity contribution in [3.05, 3.63) is 119 Å². The summed E-state index contributed by atoms with van der Waals surface area (Å²) in [5, 5.41) is 9.84. The zero-order valence-corrected chi connectivity index (χ0v) is 21.3. The minimum absolute atomic E-state index is 0.0656. The van der Waals surface area contributed by atoms with Crippen molar-refractivity contribution in [3.63, 3.8) is 0 Å². The fourth-order valence-electron chi connectivity index (χ4n) is 4.87. The summed E-state index contributed by atoms with van der Waals surface area (Å²) < 4.78 is 8.39. The molecule has 174 valence electrons. The Kier molecular flexibility index (Phi) is 5.46. The second-order valence-electron chi connectivity index (χ2n) is 8.60. The zero-order valence-electron chi connectivity index (χ0n) is 18.9. The summed E-state index contributed by atoms with van der Waals surface area (Å²) in [4.78, 5) is 19.5. The van der Waals surface area contributed by atoms with Crippen molar-refractivity contribution in [2.75, 3.05) is 7.11 Å². The Balaban J connectivity index is 1.60. The smallest absolute Gasteiger partial charge is 0.271 e. The number of aryl methyl sites for hydroxylation is 1. The van der Waals surface area contributed by atoms with E-state index in [2.05, 4.69) is 34.1 Å². The van der Waals surface area contributed by atoms with Crippen LogP contribution in [0.5, 0.6) is 11.5 Å². The molecule has 0 bridgehead atoms. The number of aromatic nitrogens is 1. The van der Waals surface area contributed by atoms with Gasteiger partial charge in [0, 0.05) is 5.56 Å². The van der Waals surface area contributed by atoms with Crippen molar-refractivity contribution in [1.29, 1.82) is 0 Å². The number of thiazole rings is 1. The number of hydrogen-bond acceptors (Lipinski definition) is 5. The molecule has 6 rings (SSSR count). The van der Waals surface area contributed by atoms with E-state index in [-0.39, 0.29) is 17.4 Å². The molecule has 0 amide bonds. The molecule has 0 unspecified atom stereocenters. The second kappa shape index (κ2) is 8.66. The monoisotopic (exact) mass is 544 g/mol. The number of methoxy groups -OCH3 is 1. The van der Waals surface area contributed by atoms with E-state index in [0.717, 1.165) is 41.0 Å². The Labute approximate surface area is 214 Å². The van der Waals surface area contributed by atoms with Gasteiger partial charge in [-0.25, -0.2) is 4.99 Å². The first-order chi connectivity index (χ1) is 17.0. The lowest BCUT2D eigenvalue weighted by molar-refractivity contribution is 0.414. The van der Waals surface area contributed by atoms with Crippen LogP contribution >= 0.6 is 27.3 Å². The summed E-state index contributed by atoms with van der Waals surface area (Å²) in [6, 6.07) is 21.3. The van der Waals surface area contributed by atoms with Crippen LogP contribution in [0.3, 0.4) is 0 Å². The topological polar surface area (TPSA) is 63.8 Å². The Morgan fingerprint density at radius 3 is 2.69 bits per heavy atom. The van der Waals surface area contributed by atoms with Gasteiger partial charge in [0.2, 0.25) is 0 Å². The zero-order chi connectivity index (χ0) is 24.1. The largest absolute Gasteiger partial charge is 0.507 e. The molecule has 1 aliphatic heterocycles. The van der Waals surface area contributed by atoms with Crippen LogP contribution in [0, 0.1) is 0 Å². The molecule has 1 atom stereocenters. The number of phenols is 1. The van der Waals surface area contributed by atoms with Gasteiger partial charge in [-0.1, -0.05) is 53.8 Å². The third-order valence-electron chi connectivity index (χ3n) is 6.57. The van der Waals surface area contributed by atoms with Gasteiger partial charge in [0.15, 0.2) is 4.80 Å². The van der Waals surface area contributed by atoms with Crippen LogP contribution in [-0.2, 0) is 6.42 Å². The average molecular weight is 545 g/mol. The van der Waals surface area contributed by atoms with Gasteiger partial charge < -0.3 is 9.84 Å². The van der Waals surface area contributed by atoms with Crippen LogP contribution in [-0.4, -0.2) is 16.8 Å². The highest BCUT2D eigenvalue weighted by Crippen LogP contribution is 2.41.